The van der Waals surface area contributed by atoms with E-state index in [0.29, 0.717) is 110 Å². The van der Waals surface area contributed by atoms with Crippen LogP contribution in [0.3, 0.4) is 0 Å². The summed E-state index contributed by atoms with van der Waals surface area (Å²) >= 11 is 0. The summed E-state index contributed by atoms with van der Waals surface area (Å²) in [6.45, 7) is 19.7. The minimum Gasteiger partial charge on any atom is -0.487 e. The Morgan fingerprint density at radius 1 is 0.380 bits per heavy atom. The van der Waals surface area contributed by atoms with E-state index in [1.165, 1.54) is 50.1 Å². The molecule has 12 heterocycles. The van der Waals surface area contributed by atoms with Crippen molar-refractivity contribution in [2.24, 2.45) is 17.8 Å². The van der Waals surface area contributed by atoms with E-state index in [2.05, 4.69) is 15.0 Å². The first-order valence-electron chi connectivity index (χ1n) is 35.6. The molecule has 3 amide bonds. The summed E-state index contributed by atoms with van der Waals surface area (Å²) < 4.78 is 149. The van der Waals surface area contributed by atoms with Gasteiger partial charge in [-0.1, -0.05) is 0 Å². The highest BCUT2D eigenvalue weighted by molar-refractivity contribution is 5.95. The van der Waals surface area contributed by atoms with Crippen LogP contribution in [0.5, 0.6) is 17.2 Å². The Kier molecular flexibility index (Phi) is 16.0. The maximum Gasteiger partial charge on any atom is 0.416 e. The Morgan fingerprint density at radius 3 is 0.870 bits per heavy atom. The van der Waals surface area contributed by atoms with Gasteiger partial charge in [-0.05, 0) is 173 Å². The number of carbonyl (C=O) groups excluding carboxylic acids is 3. The molecule has 0 saturated heterocycles. The number of benzene rings is 3. The van der Waals surface area contributed by atoms with Crippen molar-refractivity contribution in [3.8, 4) is 34.3 Å². The van der Waals surface area contributed by atoms with Gasteiger partial charge in [-0.25, -0.2) is 15.0 Å². The van der Waals surface area contributed by atoms with Crippen LogP contribution in [0.2, 0.25) is 0 Å². The van der Waals surface area contributed by atoms with E-state index in [0.717, 1.165) is 35.3 Å². The van der Waals surface area contributed by atoms with Gasteiger partial charge in [0.2, 0.25) is 0 Å². The van der Waals surface area contributed by atoms with E-state index in [1.54, 1.807) is 102 Å². The summed E-state index contributed by atoms with van der Waals surface area (Å²) in [5.41, 5.74) is -0.747. The van der Waals surface area contributed by atoms with Gasteiger partial charge < -0.3 is 56.3 Å². The molecule has 6 atom stereocenters. The molecule has 0 radical (unpaired) electrons. The molecule has 0 N–H and O–H groups in total. The Labute approximate surface area is 611 Å². The van der Waals surface area contributed by atoms with Crippen LogP contribution in [0, 0.1) is 38.5 Å². The number of hydrogen-bond acceptors (Lipinski definition) is 12. The second-order valence-corrected chi connectivity index (χ2v) is 31.6. The molecule has 21 nitrogen and oxygen atoms in total. The van der Waals surface area contributed by atoms with Gasteiger partial charge in [0.05, 0.1) is 52.8 Å². The van der Waals surface area contributed by atoms with Gasteiger partial charge in [-0.3, -0.25) is 28.8 Å². The van der Waals surface area contributed by atoms with Crippen molar-refractivity contribution in [1.82, 2.24) is 57.1 Å². The van der Waals surface area contributed by atoms with Gasteiger partial charge in [-0.15, -0.1) is 0 Å². The number of hydrogen-bond donors (Lipinski definition) is 0. The molecular weight excluding hydrogens is 1420 g/mol. The van der Waals surface area contributed by atoms with E-state index in [1.807, 2.05) is 62.3 Å². The van der Waals surface area contributed by atoms with Crippen molar-refractivity contribution >= 4 is 17.7 Å². The molecule has 6 aliphatic heterocycles. The zero-order valence-corrected chi connectivity index (χ0v) is 60.3. The number of ether oxygens (including phenoxy) is 3. The number of alkyl halides is 9. The van der Waals surface area contributed by atoms with E-state index < -0.39 is 68.3 Å². The van der Waals surface area contributed by atoms with Crippen LogP contribution in [0.25, 0.3) is 17.1 Å². The third-order valence-corrected chi connectivity index (χ3v) is 23.5. The molecule has 9 aliphatic rings. The molecule has 9 aromatic rings. The largest absolute Gasteiger partial charge is 0.487 e. The molecule has 6 aromatic heterocycles. The Hall–Kier alpha value is -10.7. The maximum absolute atomic E-state index is 13.5. The summed E-state index contributed by atoms with van der Waals surface area (Å²) in [6.07, 6.45) is -1.63. The highest BCUT2D eigenvalue weighted by Crippen LogP contribution is 2.68. The standard InChI is InChI=1S/3C26H25F3N4O3/c3*1-15-12-32(14-30-15)18-5-6-19-22(34)31(8-9-33(19)23(18)35)13-25-11-21(25)24(2,3)36-20-7-4-16(10-17(20)25)26(27,28)29/h3*4-7,10,12,14,21H,8-9,11,13H2,1-3H3/t3*21-,25-/m110/s1. The predicted octanol–water partition coefficient (Wildman–Crippen LogP) is 11.8. The van der Waals surface area contributed by atoms with Crippen LogP contribution in [-0.4, -0.2) is 131 Å². The highest BCUT2D eigenvalue weighted by Gasteiger charge is 2.70. The van der Waals surface area contributed by atoms with E-state index >= 15 is 0 Å². The highest BCUT2D eigenvalue weighted by atomic mass is 19.4. The van der Waals surface area contributed by atoms with Crippen LogP contribution >= 0.6 is 0 Å². The van der Waals surface area contributed by atoms with Gasteiger partial charge in [-0.2, -0.15) is 39.5 Å². The topological polar surface area (TPSA) is 208 Å². The summed E-state index contributed by atoms with van der Waals surface area (Å²) in [6, 6.07) is 20.5. The van der Waals surface area contributed by atoms with Crippen LogP contribution in [0.4, 0.5) is 39.5 Å². The number of pyridine rings is 3. The Balaban J connectivity index is 0.000000124. The van der Waals surface area contributed by atoms with Gasteiger partial charge >= 0.3 is 18.5 Å². The molecule has 0 unspecified atom stereocenters. The molecule has 0 spiro atoms. The first kappa shape index (κ1) is 71.6. The summed E-state index contributed by atoms with van der Waals surface area (Å²) in [7, 11) is 0. The van der Waals surface area contributed by atoms with Gasteiger partial charge in [0, 0.05) is 128 Å². The average molecular weight is 1500 g/mol. The summed E-state index contributed by atoms with van der Waals surface area (Å²) in [5, 5.41) is 0. The molecule has 3 saturated carbocycles. The molecule has 30 heteroatoms. The quantitative estimate of drug-likeness (QED) is 0.124. The summed E-state index contributed by atoms with van der Waals surface area (Å²) in [5.74, 6) is 0.326. The van der Waals surface area contributed by atoms with Gasteiger partial charge in [0.25, 0.3) is 34.4 Å². The lowest BCUT2D eigenvalue weighted by Crippen LogP contribution is -2.50. The fraction of sp³-hybridized carbons (Fsp3) is 0.423. The molecule has 3 aromatic carbocycles. The van der Waals surface area contributed by atoms with Crippen molar-refractivity contribution in [1.29, 1.82) is 0 Å². The van der Waals surface area contributed by atoms with Crippen molar-refractivity contribution in [2.45, 2.75) is 153 Å². The Morgan fingerprint density at radius 2 is 0.639 bits per heavy atom. The number of amides is 3. The second-order valence-electron chi connectivity index (χ2n) is 31.6. The van der Waals surface area contributed by atoms with E-state index in [-0.39, 0.29) is 88.9 Å². The minimum absolute atomic E-state index is 0.0234. The molecule has 3 aliphatic carbocycles. The normalized spacial score (nSPS) is 24.0. The first-order valence-corrected chi connectivity index (χ1v) is 35.6. The molecule has 564 valence electrons. The third-order valence-electron chi connectivity index (χ3n) is 23.5. The molecule has 0 bridgehead atoms. The molecular formula is C78H75F9N12O9. The third kappa shape index (κ3) is 11.8. The SMILES string of the molecule is Cc1cn(-c2ccc3n(c2=O)CCN(C[C@@]24C[C@@H]2C(C)(C)Oc2ccc(C(F)(F)F)cc24)C3=O)cn1.Cc1cn(-c2ccc3n(c2=O)CCN(C[C@@]24C[C@@H]2C(C)(C)Oc2ccc(C(F)(F)F)cc24)C3=O)cn1.Cc1cn(-c2ccc3n(c2=O)CCN(C[C@]24C[C@H]2C(C)(C)Oc2ccc(C(F)(F)F)cc24)C3=O)cn1. The lowest BCUT2D eigenvalue weighted by molar-refractivity contribution is -0.138. The van der Waals surface area contributed by atoms with Crippen molar-refractivity contribution in [2.75, 3.05) is 39.3 Å². The number of rotatable bonds is 9. The van der Waals surface area contributed by atoms with Crippen LogP contribution in [0.1, 0.15) is 143 Å². The van der Waals surface area contributed by atoms with Crippen LogP contribution < -0.4 is 30.9 Å². The zero-order chi connectivity index (χ0) is 76.9. The number of imidazole rings is 3. The number of nitrogens with zero attached hydrogens (tertiary/aromatic N) is 12. The van der Waals surface area contributed by atoms with Crippen molar-refractivity contribution < 1.29 is 68.1 Å². The van der Waals surface area contributed by atoms with E-state index in [4.69, 9.17) is 14.2 Å². The summed E-state index contributed by atoms with van der Waals surface area (Å²) in [4.78, 5) is 97.4. The molecule has 18 rings (SSSR count). The maximum atomic E-state index is 13.5. The molecule has 108 heavy (non-hydrogen) atoms. The monoisotopic (exact) mass is 1490 g/mol. The van der Waals surface area contributed by atoms with Crippen molar-refractivity contribution in [3.05, 3.63) is 227 Å². The van der Waals surface area contributed by atoms with Crippen molar-refractivity contribution in [3.63, 3.8) is 0 Å². The lowest BCUT2D eigenvalue weighted by atomic mass is 9.82. The lowest BCUT2D eigenvalue weighted by Gasteiger charge is -2.40. The van der Waals surface area contributed by atoms with E-state index in [9.17, 15) is 68.3 Å². The predicted molar refractivity (Wildman–Crippen MR) is 373 cm³/mol. The fourth-order valence-electron chi connectivity index (χ4n) is 18.0. The number of carbonyl (C=O) groups is 3. The fourth-order valence-corrected chi connectivity index (χ4v) is 18.0. The van der Waals surface area contributed by atoms with Crippen LogP contribution in [0.15, 0.2) is 143 Å². The van der Waals surface area contributed by atoms with Gasteiger partial charge in [0.1, 0.15) is 68.2 Å². The number of aromatic nitrogens is 9. The van der Waals surface area contributed by atoms with Gasteiger partial charge in [0.15, 0.2) is 0 Å². The minimum atomic E-state index is -4.47. The number of aryl methyl sites for hydroxylation is 3. The first-order chi connectivity index (χ1) is 50.7. The number of halogens is 9. The smallest absolute Gasteiger partial charge is 0.416 e. The second kappa shape index (κ2) is 24.2. The zero-order valence-electron chi connectivity index (χ0n) is 60.3. The number of fused-ring (bicyclic) bond motifs is 12. The van der Waals surface area contributed by atoms with Crippen LogP contribution in [-0.2, 0) is 54.4 Å². The molecule has 3 fully saturated rings. The Bertz CT molecular complexity index is 4940. The average Bonchev–Trinajstić information content (AvgIpc) is 1.53.